The van der Waals surface area contributed by atoms with E-state index >= 15 is 0 Å². The Morgan fingerprint density at radius 3 is 2.63 bits per heavy atom. The molecule has 12 heteroatoms. The van der Waals surface area contributed by atoms with Gasteiger partial charge >= 0.3 is 11.8 Å². The van der Waals surface area contributed by atoms with Gasteiger partial charge in [-0.1, -0.05) is 0 Å². The van der Waals surface area contributed by atoms with Gasteiger partial charge in [-0.05, 0) is 20.5 Å². The molecule has 0 radical (unpaired) electrons. The van der Waals surface area contributed by atoms with Crippen LogP contribution in [0.15, 0.2) is 21.9 Å². The first-order valence-corrected chi connectivity index (χ1v) is 8.12. The second-order valence-electron chi connectivity index (χ2n) is 6.34. The van der Waals surface area contributed by atoms with Crippen LogP contribution in [-0.2, 0) is 9.47 Å². The number of carbonyl (C=O) groups excluding carboxylic acids is 1. The molecule has 0 aliphatic carbocycles. The average Bonchev–Trinajstić information content (AvgIpc) is 2.84. The molecule has 1 aliphatic heterocycles. The number of hydrogen-bond donors (Lipinski definition) is 3. The third-order valence-corrected chi connectivity index (χ3v) is 4.03. The maximum atomic E-state index is 14.2. The SMILES string of the molecule is CN(C)CCCOC(=O)n1c(=O)ccn([C@@H]2O[C@](F)(CO)[C@@H](O)[C@H]2O)c1=O. The molecule has 0 spiro atoms. The number of alkyl halides is 1. The van der Waals surface area contributed by atoms with E-state index in [0.29, 0.717) is 17.5 Å². The Morgan fingerprint density at radius 2 is 2.07 bits per heavy atom. The molecule has 1 aliphatic rings. The van der Waals surface area contributed by atoms with Gasteiger partial charge in [0.15, 0.2) is 6.23 Å². The zero-order chi connectivity index (χ0) is 20.4. The largest absolute Gasteiger partial charge is 0.449 e. The first-order valence-electron chi connectivity index (χ1n) is 8.12. The number of ether oxygens (including phenoxy) is 2. The zero-order valence-electron chi connectivity index (χ0n) is 14.8. The molecule has 1 saturated heterocycles. The highest BCUT2D eigenvalue weighted by Gasteiger charge is 2.56. The van der Waals surface area contributed by atoms with Gasteiger partial charge in [0, 0.05) is 18.8 Å². The van der Waals surface area contributed by atoms with E-state index in [1.807, 2.05) is 19.0 Å². The van der Waals surface area contributed by atoms with E-state index in [9.17, 15) is 29.0 Å². The molecule has 152 valence electrons. The summed E-state index contributed by atoms with van der Waals surface area (Å²) in [6, 6.07) is 0.822. The van der Waals surface area contributed by atoms with E-state index in [2.05, 4.69) is 0 Å². The Kier molecular flexibility index (Phi) is 6.49. The van der Waals surface area contributed by atoms with Gasteiger partial charge in [-0.15, -0.1) is 0 Å². The Balaban J connectivity index is 2.27. The van der Waals surface area contributed by atoms with Crippen molar-refractivity contribution in [2.75, 3.05) is 33.9 Å². The van der Waals surface area contributed by atoms with Crippen molar-refractivity contribution in [1.29, 1.82) is 0 Å². The lowest BCUT2D eigenvalue weighted by Crippen LogP contribution is -2.46. The number of rotatable bonds is 6. The summed E-state index contributed by atoms with van der Waals surface area (Å²) in [4.78, 5) is 38.3. The molecule has 1 aromatic rings. The van der Waals surface area contributed by atoms with E-state index in [-0.39, 0.29) is 11.2 Å². The fraction of sp³-hybridized carbons (Fsp3) is 0.667. The van der Waals surface area contributed by atoms with Gasteiger partial charge in [0.05, 0.1) is 6.61 Å². The van der Waals surface area contributed by atoms with Crippen LogP contribution in [0.4, 0.5) is 9.18 Å². The molecule has 2 heterocycles. The summed E-state index contributed by atoms with van der Waals surface area (Å²) in [6.45, 7) is -0.706. The smallest absolute Gasteiger partial charge is 0.425 e. The number of hydrogen-bond acceptors (Lipinski definition) is 9. The molecular formula is C15H22FN3O8. The molecule has 27 heavy (non-hydrogen) atoms. The van der Waals surface area contributed by atoms with Crippen molar-refractivity contribution < 1.29 is 34.0 Å². The molecule has 4 atom stereocenters. The standard InChI is InChI=1S/C15H22FN3O8/c1-17(2)5-3-7-26-14(25)19-9(21)4-6-18(13(19)24)12-10(22)11(23)15(16,8-20)27-12/h4,6,10-12,20,22-23H,3,5,7-8H2,1-2H3/t10-,11+,12-,15-/m1/s1. The highest BCUT2D eigenvalue weighted by molar-refractivity contribution is 5.69. The summed E-state index contributed by atoms with van der Waals surface area (Å²) in [7, 11) is 3.64. The Hall–Kier alpha value is -2.12. The highest BCUT2D eigenvalue weighted by atomic mass is 19.2. The van der Waals surface area contributed by atoms with Crippen LogP contribution in [0.1, 0.15) is 12.6 Å². The molecule has 1 aromatic heterocycles. The predicted octanol–water partition coefficient (Wildman–Crippen LogP) is -2.14. The van der Waals surface area contributed by atoms with Crippen molar-refractivity contribution in [3.8, 4) is 0 Å². The number of carbonyl (C=O) groups is 1. The lowest BCUT2D eigenvalue weighted by atomic mass is 10.1. The average molecular weight is 391 g/mol. The molecule has 2 rings (SSSR count). The van der Waals surface area contributed by atoms with Crippen LogP contribution >= 0.6 is 0 Å². The fourth-order valence-corrected chi connectivity index (χ4v) is 2.56. The van der Waals surface area contributed by atoms with Crippen LogP contribution in [0.25, 0.3) is 0 Å². The maximum Gasteiger partial charge on any atom is 0.425 e. The zero-order valence-corrected chi connectivity index (χ0v) is 14.8. The van der Waals surface area contributed by atoms with Gasteiger partial charge in [0.2, 0.25) is 0 Å². The van der Waals surface area contributed by atoms with Gasteiger partial charge in [-0.2, -0.15) is 4.57 Å². The van der Waals surface area contributed by atoms with Gasteiger partial charge in [-0.3, -0.25) is 9.36 Å². The highest BCUT2D eigenvalue weighted by Crippen LogP contribution is 2.37. The van der Waals surface area contributed by atoms with Gasteiger partial charge < -0.3 is 29.7 Å². The topological polar surface area (TPSA) is 143 Å². The van der Waals surface area contributed by atoms with Crippen molar-refractivity contribution >= 4 is 6.09 Å². The van der Waals surface area contributed by atoms with Crippen molar-refractivity contribution in [1.82, 2.24) is 14.0 Å². The lowest BCUT2D eigenvalue weighted by molar-refractivity contribution is -0.207. The molecule has 1 fully saturated rings. The predicted molar refractivity (Wildman–Crippen MR) is 87.9 cm³/mol. The first kappa shape index (κ1) is 21.2. The molecule has 0 amide bonds. The van der Waals surface area contributed by atoms with E-state index in [4.69, 9.17) is 14.6 Å². The summed E-state index contributed by atoms with van der Waals surface area (Å²) in [5.74, 6) is -3.00. The van der Waals surface area contributed by atoms with Crippen LogP contribution < -0.4 is 11.2 Å². The summed E-state index contributed by atoms with van der Waals surface area (Å²) in [6.07, 6.45) is -5.73. The number of halogens is 1. The second kappa shape index (κ2) is 8.27. The van der Waals surface area contributed by atoms with Crippen molar-refractivity contribution in [2.45, 2.75) is 30.7 Å². The second-order valence-corrected chi connectivity index (χ2v) is 6.34. The van der Waals surface area contributed by atoms with E-state index in [0.717, 1.165) is 12.3 Å². The lowest BCUT2D eigenvalue weighted by Gasteiger charge is -2.20. The van der Waals surface area contributed by atoms with Crippen molar-refractivity contribution in [3.63, 3.8) is 0 Å². The van der Waals surface area contributed by atoms with E-state index in [1.54, 1.807) is 0 Å². The number of aromatic nitrogens is 2. The van der Waals surface area contributed by atoms with Crippen LogP contribution in [-0.4, -0.2) is 87.4 Å². The Labute approximate surface area is 152 Å². The van der Waals surface area contributed by atoms with Crippen molar-refractivity contribution in [3.05, 3.63) is 33.1 Å². The Morgan fingerprint density at radius 1 is 1.41 bits per heavy atom. The number of nitrogens with zero attached hydrogens (tertiary/aromatic N) is 3. The van der Waals surface area contributed by atoms with E-state index in [1.165, 1.54) is 0 Å². The molecule has 0 bridgehead atoms. The molecule has 0 unspecified atom stereocenters. The third-order valence-electron chi connectivity index (χ3n) is 4.03. The molecule has 11 nitrogen and oxygen atoms in total. The number of aliphatic hydroxyl groups excluding tert-OH is 3. The van der Waals surface area contributed by atoms with Gasteiger partial charge in [0.25, 0.3) is 11.4 Å². The van der Waals surface area contributed by atoms with Crippen LogP contribution in [0.5, 0.6) is 0 Å². The first-order chi connectivity index (χ1) is 12.6. The summed E-state index contributed by atoms with van der Waals surface area (Å²) < 4.78 is 24.6. The van der Waals surface area contributed by atoms with Gasteiger partial charge in [0.1, 0.15) is 18.8 Å². The molecular weight excluding hydrogens is 369 g/mol. The fourth-order valence-electron chi connectivity index (χ4n) is 2.56. The molecule has 3 N–H and O–H groups in total. The number of aliphatic hydroxyl groups is 3. The summed E-state index contributed by atoms with van der Waals surface area (Å²) in [5, 5.41) is 28.6. The molecule has 0 saturated carbocycles. The summed E-state index contributed by atoms with van der Waals surface area (Å²) in [5.41, 5.74) is -2.24. The van der Waals surface area contributed by atoms with Crippen molar-refractivity contribution in [2.24, 2.45) is 0 Å². The quantitative estimate of drug-likeness (QED) is 0.463. The summed E-state index contributed by atoms with van der Waals surface area (Å²) >= 11 is 0. The van der Waals surface area contributed by atoms with Crippen LogP contribution in [0, 0.1) is 0 Å². The Bertz CT molecular complexity index is 794. The van der Waals surface area contributed by atoms with Gasteiger partial charge in [-0.25, -0.2) is 14.0 Å². The minimum atomic E-state index is -3.00. The monoisotopic (exact) mass is 391 g/mol. The third kappa shape index (κ3) is 4.25. The minimum Gasteiger partial charge on any atom is -0.449 e. The van der Waals surface area contributed by atoms with Crippen LogP contribution in [0.3, 0.4) is 0 Å². The van der Waals surface area contributed by atoms with E-state index < -0.39 is 48.2 Å². The van der Waals surface area contributed by atoms with Crippen LogP contribution in [0.2, 0.25) is 0 Å². The molecule has 0 aromatic carbocycles. The minimum absolute atomic E-state index is 0.0445. The normalized spacial score (nSPS) is 27.9. The maximum absolute atomic E-state index is 14.2.